The van der Waals surface area contributed by atoms with Crippen LogP contribution in [0.3, 0.4) is 0 Å². The van der Waals surface area contributed by atoms with Crippen LogP contribution in [0.5, 0.6) is 0 Å². The Balaban J connectivity index is 1.49. The van der Waals surface area contributed by atoms with E-state index in [-0.39, 0.29) is 5.82 Å². The smallest absolute Gasteiger partial charge is 0.237 e. The molecule has 142 valence electrons. The lowest BCUT2D eigenvalue weighted by Crippen LogP contribution is -2.11. The predicted molar refractivity (Wildman–Crippen MR) is 105 cm³/mol. The number of nitrogens with two attached hydrogens (primary N) is 1. The number of benzene rings is 2. The Hall–Kier alpha value is -2.62. The van der Waals surface area contributed by atoms with Crippen molar-refractivity contribution in [2.45, 2.75) is 10.9 Å². The van der Waals surface area contributed by atoms with Crippen LogP contribution in [0, 0.1) is 5.82 Å². The van der Waals surface area contributed by atoms with Crippen molar-refractivity contribution in [3.05, 3.63) is 64.2 Å². The minimum Gasteiger partial charge on any atom is -0.338 e. The Bertz CT molecular complexity index is 1130. The highest BCUT2D eigenvalue weighted by atomic mass is 35.5. The highest BCUT2D eigenvalue weighted by Crippen LogP contribution is 2.31. The molecule has 0 spiro atoms. The molecule has 0 saturated heterocycles. The van der Waals surface area contributed by atoms with E-state index < -0.39 is 0 Å². The van der Waals surface area contributed by atoms with E-state index in [2.05, 4.69) is 20.3 Å². The molecule has 0 unspecified atom stereocenters. The largest absolute Gasteiger partial charge is 0.338 e. The van der Waals surface area contributed by atoms with Gasteiger partial charge in [0.15, 0.2) is 5.82 Å². The van der Waals surface area contributed by atoms with Gasteiger partial charge in [-0.2, -0.15) is 4.98 Å². The monoisotopic (exact) mass is 436 g/mol. The number of nitrogens with zero attached hydrogens (tertiary/aromatic N) is 5. The average molecular weight is 437 g/mol. The second-order valence-electron chi connectivity index (χ2n) is 5.61. The summed E-state index contributed by atoms with van der Waals surface area (Å²) in [7, 11) is 0. The van der Waals surface area contributed by atoms with Gasteiger partial charge in [-0.25, -0.2) is 9.07 Å². The minimum atomic E-state index is -0.332. The number of aromatic nitrogens is 5. The van der Waals surface area contributed by atoms with Crippen LogP contribution in [0.25, 0.3) is 22.8 Å². The van der Waals surface area contributed by atoms with Crippen LogP contribution in [0.1, 0.15) is 5.89 Å². The number of hydrogen-bond acceptors (Lipinski definition) is 7. The van der Waals surface area contributed by atoms with Crippen LogP contribution in [0.15, 0.2) is 52.1 Å². The van der Waals surface area contributed by atoms with Crippen molar-refractivity contribution >= 4 is 35.0 Å². The molecule has 0 saturated carbocycles. The molecule has 0 fully saturated rings. The molecular formula is C17H11Cl2FN6OS. The van der Waals surface area contributed by atoms with Gasteiger partial charge in [0.1, 0.15) is 5.82 Å². The zero-order chi connectivity index (χ0) is 19.7. The fraction of sp³-hybridized carbons (Fsp3) is 0.0588. The lowest BCUT2D eigenvalue weighted by atomic mass is 10.2. The van der Waals surface area contributed by atoms with Crippen molar-refractivity contribution in [3.63, 3.8) is 0 Å². The van der Waals surface area contributed by atoms with Crippen molar-refractivity contribution in [2.24, 2.45) is 0 Å². The number of rotatable bonds is 5. The molecule has 0 bridgehead atoms. The van der Waals surface area contributed by atoms with Crippen molar-refractivity contribution in [1.82, 2.24) is 25.0 Å². The molecule has 11 heteroatoms. The molecular weight excluding hydrogens is 426 g/mol. The first kappa shape index (κ1) is 18.7. The van der Waals surface area contributed by atoms with E-state index in [1.54, 1.807) is 30.3 Å². The standard InChI is InChI=1S/C17H11Cl2FN6OS/c18-10-3-6-12(13(19)7-10)16-23-24-17(26(16)21)28-8-14-22-15(25-27-14)9-1-4-11(20)5-2-9/h1-7H,8,21H2. The molecule has 0 amide bonds. The molecule has 2 aromatic heterocycles. The van der Waals surface area contributed by atoms with Crippen molar-refractivity contribution < 1.29 is 8.91 Å². The molecule has 0 aliphatic rings. The molecule has 2 N–H and O–H groups in total. The van der Waals surface area contributed by atoms with Crippen LogP contribution >= 0.6 is 35.0 Å². The molecule has 7 nitrogen and oxygen atoms in total. The Morgan fingerprint density at radius 2 is 1.89 bits per heavy atom. The zero-order valence-corrected chi connectivity index (χ0v) is 16.3. The molecule has 4 rings (SSSR count). The molecule has 0 atom stereocenters. The highest BCUT2D eigenvalue weighted by Gasteiger charge is 2.17. The van der Waals surface area contributed by atoms with E-state index >= 15 is 0 Å². The lowest BCUT2D eigenvalue weighted by molar-refractivity contribution is 0.391. The van der Waals surface area contributed by atoms with Crippen LogP contribution in [-0.4, -0.2) is 25.0 Å². The fourth-order valence-electron chi connectivity index (χ4n) is 2.39. The Morgan fingerprint density at radius 1 is 1.11 bits per heavy atom. The normalized spacial score (nSPS) is 11.1. The minimum absolute atomic E-state index is 0.331. The van der Waals surface area contributed by atoms with Gasteiger partial charge in [0.05, 0.1) is 10.8 Å². The predicted octanol–water partition coefficient (Wildman–Crippen LogP) is 4.45. The molecule has 2 aromatic carbocycles. The maximum atomic E-state index is 13.0. The average Bonchev–Trinajstić information content (AvgIpc) is 3.28. The first-order valence-electron chi connectivity index (χ1n) is 7.88. The third-order valence-electron chi connectivity index (χ3n) is 3.73. The van der Waals surface area contributed by atoms with Crippen LogP contribution < -0.4 is 5.84 Å². The van der Waals surface area contributed by atoms with Gasteiger partial charge in [0.25, 0.3) is 0 Å². The van der Waals surface area contributed by atoms with Crippen LogP contribution in [0.4, 0.5) is 4.39 Å². The van der Waals surface area contributed by atoms with Gasteiger partial charge in [0.2, 0.25) is 16.9 Å². The summed E-state index contributed by atoms with van der Waals surface area (Å²) in [5.74, 6) is 7.25. The highest BCUT2D eigenvalue weighted by molar-refractivity contribution is 7.98. The van der Waals surface area contributed by atoms with Crippen molar-refractivity contribution in [3.8, 4) is 22.8 Å². The molecule has 2 heterocycles. The van der Waals surface area contributed by atoms with Gasteiger partial charge < -0.3 is 10.4 Å². The summed E-state index contributed by atoms with van der Waals surface area (Å²) in [5.41, 5.74) is 1.27. The summed E-state index contributed by atoms with van der Waals surface area (Å²) in [5, 5.41) is 13.4. The van der Waals surface area contributed by atoms with Gasteiger partial charge >= 0.3 is 0 Å². The van der Waals surface area contributed by atoms with E-state index in [1.165, 1.54) is 28.6 Å². The summed E-state index contributed by atoms with van der Waals surface area (Å²) >= 11 is 13.4. The Kier molecular flexibility index (Phi) is 5.21. The van der Waals surface area contributed by atoms with Gasteiger partial charge in [-0.05, 0) is 42.5 Å². The van der Waals surface area contributed by atoms with E-state index in [0.717, 1.165) is 0 Å². The number of halogens is 3. The SMILES string of the molecule is Nn1c(SCc2nc(-c3ccc(F)cc3)no2)nnc1-c1ccc(Cl)cc1Cl. The Morgan fingerprint density at radius 3 is 2.64 bits per heavy atom. The summed E-state index contributed by atoms with van der Waals surface area (Å²) in [6.45, 7) is 0. The van der Waals surface area contributed by atoms with E-state index in [9.17, 15) is 4.39 Å². The number of nitrogen functional groups attached to an aromatic ring is 1. The second kappa shape index (κ2) is 7.78. The molecule has 0 radical (unpaired) electrons. The first-order valence-corrected chi connectivity index (χ1v) is 9.62. The molecule has 4 aromatic rings. The number of hydrogen-bond donors (Lipinski definition) is 1. The maximum absolute atomic E-state index is 13.0. The molecule has 0 aliphatic carbocycles. The van der Waals surface area contributed by atoms with Gasteiger partial charge in [-0.1, -0.05) is 40.1 Å². The van der Waals surface area contributed by atoms with Crippen LogP contribution in [0.2, 0.25) is 10.0 Å². The number of thioether (sulfide) groups is 1. The van der Waals surface area contributed by atoms with Gasteiger partial charge in [0, 0.05) is 16.1 Å². The molecule has 28 heavy (non-hydrogen) atoms. The third-order valence-corrected chi connectivity index (χ3v) is 5.21. The quantitative estimate of drug-likeness (QED) is 0.364. The summed E-state index contributed by atoms with van der Waals surface area (Å²) < 4.78 is 19.6. The first-order chi connectivity index (χ1) is 13.5. The summed E-state index contributed by atoms with van der Waals surface area (Å²) in [4.78, 5) is 4.29. The van der Waals surface area contributed by atoms with E-state index in [0.29, 0.717) is 49.6 Å². The topological polar surface area (TPSA) is 95.7 Å². The van der Waals surface area contributed by atoms with Crippen molar-refractivity contribution in [2.75, 3.05) is 5.84 Å². The maximum Gasteiger partial charge on any atom is 0.237 e. The van der Waals surface area contributed by atoms with E-state index in [1.807, 2.05) is 0 Å². The summed E-state index contributed by atoms with van der Waals surface area (Å²) in [6.07, 6.45) is 0. The van der Waals surface area contributed by atoms with Gasteiger partial charge in [-0.15, -0.1) is 10.2 Å². The zero-order valence-electron chi connectivity index (χ0n) is 14.0. The fourth-order valence-corrected chi connectivity index (χ4v) is 3.57. The van der Waals surface area contributed by atoms with Crippen molar-refractivity contribution in [1.29, 1.82) is 0 Å². The second-order valence-corrected chi connectivity index (χ2v) is 7.39. The Labute approximate surface area is 172 Å². The van der Waals surface area contributed by atoms with Crippen LogP contribution in [-0.2, 0) is 5.75 Å². The van der Waals surface area contributed by atoms with Gasteiger partial charge in [-0.3, -0.25) is 0 Å². The third kappa shape index (κ3) is 3.82. The lowest BCUT2D eigenvalue weighted by Gasteiger charge is -2.05. The summed E-state index contributed by atoms with van der Waals surface area (Å²) in [6, 6.07) is 10.8. The molecule has 0 aliphatic heterocycles. The van der Waals surface area contributed by atoms with E-state index in [4.69, 9.17) is 33.6 Å².